The Balaban J connectivity index is 1.69. The van der Waals surface area contributed by atoms with Crippen LogP contribution in [0.4, 0.5) is 5.69 Å². The Bertz CT molecular complexity index is 1020. The van der Waals surface area contributed by atoms with Gasteiger partial charge in [0.15, 0.2) is 0 Å². The average Bonchev–Trinajstić information content (AvgIpc) is 3.08. The van der Waals surface area contributed by atoms with E-state index in [1.165, 1.54) is 6.42 Å². The van der Waals surface area contributed by atoms with Crippen molar-refractivity contribution in [3.05, 3.63) is 63.1 Å². The van der Waals surface area contributed by atoms with Gasteiger partial charge in [0.25, 0.3) is 5.91 Å². The van der Waals surface area contributed by atoms with Crippen LogP contribution < -0.4 is 10.4 Å². The molecule has 0 radical (unpaired) electrons. The van der Waals surface area contributed by atoms with Crippen LogP contribution in [0.15, 0.2) is 47.6 Å². The van der Waals surface area contributed by atoms with E-state index in [2.05, 4.69) is 24.3 Å². The number of carbonyl (C=O) groups excluding carboxylic acids is 1. The van der Waals surface area contributed by atoms with Gasteiger partial charge in [0.1, 0.15) is 5.71 Å². The van der Waals surface area contributed by atoms with Gasteiger partial charge in [-0.15, -0.1) is 0 Å². The molecule has 0 saturated carbocycles. The Morgan fingerprint density at radius 2 is 1.59 bits per heavy atom. The van der Waals surface area contributed by atoms with E-state index in [0.29, 0.717) is 26.5 Å². The predicted octanol–water partition coefficient (Wildman–Crippen LogP) is 6.49. The lowest BCUT2D eigenvalue weighted by Crippen LogP contribution is -2.56. The minimum Gasteiger partial charge on any atom is -0.283 e. The lowest BCUT2D eigenvalue weighted by Gasteiger charge is -2.38. The fourth-order valence-corrected chi connectivity index (χ4v) is 5.28. The number of amides is 1. The monoisotopic (exact) mass is 492 g/mol. The molecule has 0 aromatic heterocycles. The molecule has 2 heterocycles. The number of hydrogen-bond donors (Lipinski definition) is 1. The highest BCUT2D eigenvalue weighted by molar-refractivity contribution is 6.41. The summed E-state index contributed by atoms with van der Waals surface area (Å²) in [7, 11) is 0. The van der Waals surface area contributed by atoms with Crippen molar-refractivity contribution < 1.29 is 4.79 Å². The third-order valence-electron chi connectivity index (χ3n) is 6.41. The minimum atomic E-state index is -0.206. The number of carbonyl (C=O) groups is 1. The van der Waals surface area contributed by atoms with Crippen LogP contribution in [0.5, 0.6) is 0 Å². The van der Waals surface area contributed by atoms with Crippen LogP contribution in [-0.2, 0) is 4.79 Å². The van der Waals surface area contributed by atoms with Crippen molar-refractivity contribution in [3.8, 4) is 0 Å². The smallest absolute Gasteiger partial charge is 0.282 e. The molecule has 0 bridgehead atoms. The summed E-state index contributed by atoms with van der Waals surface area (Å²) in [6.45, 7) is 6.31. The van der Waals surface area contributed by atoms with Crippen LogP contribution in [0.3, 0.4) is 0 Å². The number of hydrazine groups is 1. The zero-order chi connectivity index (χ0) is 23.0. The Hall–Kier alpha value is -1.79. The largest absolute Gasteiger partial charge is 0.283 e. The van der Waals surface area contributed by atoms with Gasteiger partial charge in [0.2, 0.25) is 0 Å². The van der Waals surface area contributed by atoms with E-state index >= 15 is 0 Å². The molecule has 1 amide bonds. The zero-order valence-corrected chi connectivity index (χ0v) is 20.6. The summed E-state index contributed by atoms with van der Waals surface area (Å²) in [4.78, 5) is 13.4. The molecule has 1 fully saturated rings. The van der Waals surface area contributed by atoms with E-state index in [-0.39, 0.29) is 30.0 Å². The zero-order valence-electron chi connectivity index (χ0n) is 18.4. The fourth-order valence-electron chi connectivity index (χ4n) is 4.66. The summed E-state index contributed by atoms with van der Waals surface area (Å²) < 4.78 is 0. The molecule has 0 spiro atoms. The summed E-state index contributed by atoms with van der Waals surface area (Å²) >= 11 is 18.8. The first-order valence-corrected chi connectivity index (χ1v) is 12.1. The van der Waals surface area contributed by atoms with Gasteiger partial charge < -0.3 is 0 Å². The number of anilines is 1. The number of hydrazone groups is 1. The van der Waals surface area contributed by atoms with E-state index in [4.69, 9.17) is 39.9 Å². The normalized spacial score (nSPS) is 26.2. The molecule has 2 aromatic rings. The summed E-state index contributed by atoms with van der Waals surface area (Å²) in [5, 5.41) is 10.3. The molecule has 2 aliphatic rings. The van der Waals surface area contributed by atoms with Crippen LogP contribution in [-0.4, -0.2) is 28.7 Å². The fraction of sp³-hybridized carbons (Fsp3) is 0.417. The second-order valence-electron chi connectivity index (χ2n) is 8.69. The lowest BCUT2D eigenvalue weighted by atomic mass is 9.91. The summed E-state index contributed by atoms with van der Waals surface area (Å²) in [6, 6.07) is 13.3. The number of rotatable bonds is 4. The van der Waals surface area contributed by atoms with Gasteiger partial charge in [0.05, 0.1) is 16.8 Å². The predicted molar refractivity (Wildman–Crippen MR) is 132 cm³/mol. The van der Waals surface area contributed by atoms with E-state index in [1.54, 1.807) is 12.1 Å². The minimum absolute atomic E-state index is 0.168. The standard InChI is InChI=1S/C24H27Cl3N4O/c1-14-5-4-6-15(2)30(14)29-24(32)22-16(3)23(17-7-9-18(25)10-8-17)31(28-22)21-12-11-19(26)13-20(21)27/h7-16,23H,4-6H2,1-3H3,(H,29,32)/t14-,15+,16?,23?. The van der Waals surface area contributed by atoms with Crippen molar-refractivity contribution in [1.29, 1.82) is 0 Å². The number of piperidine rings is 1. The van der Waals surface area contributed by atoms with Gasteiger partial charge in [-0.25, -0.2) is 5.01 Å². The molecule has 1 saturated heterocycles. The molecule has 32 heavy (non-hydrogen) atoms. The van der Waals surface area contributed by atoms with E-state index < -0.39 is 0 Å². The van der Waals surface area contributed by atoms with Gasteiger partial charge in [-0.1, -0.05) is 60.3 Å². The first-order chi connectivity index (χ1) is 15.3. The van der Waals surface area contributed by atoms with Gasteiger partial charge in [-0.3, -0.25) is 15.2 Å². The quantitative estimate of drug-likeness (QED) is 0.529. The molecule has 5 nitrogen and oxygen atoms in total. The first-order valence-electron chi connectivity index (χ1n) is 10.9. The van der Waals surface area contributed by atoms with Crippen molar-refractivity contribution in [2.75, 3.05) is 5.01 Å². The van der Waals surface area contributed by atoms with Gasteiger partial charge >= 0.3 is 0 Å². The number of benzene rings is 2. The number of halogens is 3. The molecule has 8 heteroatoms. The van der Waals surface area contributed by atoms with Crippen molar-refractivity contribution in [1.82, 2.24) is 10.4 Å². The number of hydrogen-bond acceptors (Lipinski definition) is 4. The highest BCUT2D eigenvalue weighted by atomic mass is 35.5. The molecule has 2 aliphatic heterocycles. The molecule has 1 N–H and O–H groups in total. The summed E-state index contributed by atoms with van der Waals surface area (Å²) in [5.74, 6) is -0.344. The maximum Gasteiger partial charge on any atom is 0.282 e. The van der Waals surface area contributed by atoms with Crippen molar-refractivity contribution in [2.45, 2.75) is 58.2 Å². The Morgan fingerprint density at radius 3 is 2.22 bits per heavy atom. The van der Waals surface area contributed by atoms with Gasteiger partial charge in [-0.2, -0.15) is 5.10 Å². The van der Waals surface area contributed by atoms with Gasteiger partial charge in [0, 0.05) is 28.0 Å². The Labute approximate surface area is 204 Å². The molecule has 0 aliphatic carbocycles. The van der Waals surface area contributed by atoms with Crippen LogP contribution in [0.25, 0.3) is 0 Å². The number of nitrogens with zero attached hydrogens (tertiary/aromatic N) is 3. The van der Waals surface area contributed by atoms with E-state index in [9.17, 15) is 4.79 Å². The first kappa shape index (κ1) is 23.4. The lowest BCUT2D eigenvalue weighted by molar-refractivity contribution is -0.122. The van der Waals surface area contributed by atoms with Crippen LogP contribution in [0, 0.1) is 5.92 Å². The second kappa shape index (κ2) is 9.60. The van der Waals surface area contributed by atoms with Crippen molar-refractivity contribution in [2.24, 2.45) is 11.0 Å². The number of nitrogens with one attached hydrogen (secondary N) is 1. The highest BCUT2D eigenvalue weighted by Gasteiger charge is 2.41. The molecule has 4 rings (SSSR count). The highest BCUT2D eigenvalue weighted by Crippen LogP contribution is 2.42. The molecule has 4 atom stereocenters. The average molecular weight is 494 g/mol. The Morgan fingerprint density at radius 1 is 0.969 bits per heavy atom. The maximum absolute atomic E-state index is 13.4. The van der Waals surface area contributed by atoms with Gasteiger partial charge in [-0.05, 0) is 62.6 Å². The van der Waals surface area contributed by atoms with E-state index in [1.807, 2.05) is 42.3 Å². The van der Waals surface area contributed by atoms with E-state index in [0.717, 1.165) is 18.4 Å². The van der Waals surface area contributed by atoms with Crippen LogP contribution in [0.2, 0.25) is 15.1 Å². The molecule has 170 valence electrons. The molecule has 2 aromatic carbocycles. The topological polar surface area (TPSA) is 47.9 Å². The van der Waals surface area contributed by atoms with Crippen LogP contribution >= 0.6 is 34.8 Å². The third kappa shape index (κ3) is 4.62. The summed E-state index contributed by atoms with van der Waals surface area (Å²) in [6.07, 6.45) is 3.30. The summed E-state index contributed by atoms with van der Waals surface area (Å²) in [5.41, 5.74) is 5.30. The maximum atomic E-state index is 13.4. The molecular formula is C24H27Cl3N4O. The molecular weight excluding hydrogens is 467 g/mol. The Kier molecular flexibility index (Phi) is 7.01. The van der Waals surface area contributed by atoms with Crippen molar-refractivity contribution >= 4 is 52.1 Å². The third-order valence-corrected chi connectivity index (χ3v) is 7.20. The molecule has 2 unspecified atom stereocenters. The SMILES string of the molecule is CC1C(C(=O)NN2[C@H](C)CCC[C@@H]2C)=NN(c2ccc(Cl)cc2Cl)C1c1ccc(Cl)cc1. The van der Waals surface area contributed by atoms with Crippen molar-refractivity contribution in [3.63, 3.8) is 0 Å². The second-order valence-corrected chi connectivity index (χ2v) is 9.97. The van der Waals surface area contributed by atoms with Crippen LogP contribution in [0.1, 0.15) is 51.6 Å².